The van der Waals surface area contributed by atoms with Crippen LogP contribution >= 0.6 is 24.0 Å². The second-order valence-corrected chi connectivity index (χ2v) is 7.91. The summed E-state index contributed by atoms with van der Waals surface area (Å²) in [6, 6.07) is 8.24. The van der Waals surface area contributed by atoms with Gasteiger partial charge in [-0.2, -0.15) is 0 Å². The average molecular weight is 516 g/mol. The van der Waals surface area contributed by atoms with Crippen molar-refractivity contribution in [3.63, 3.8) is 0 Å². The lowest BCUT2D eigenvalue weighted by Gasteiger charge is -2.32. The standard InChI is InChI=1S/C22H36N4O2.HI/c1-4-24-22(26-19-9-7-18(8-10-19)16(2)3)25-14-13-17-5-11-20(12-6-17)28-15-21(23)27;/h5-6,11-12,16,18-19H,4,7-10,13-15H2,1-3H3,(H2,23,27)(H2,24,25,26);1H. The van der Waals surface area contributed by atoms with Crippen molar-refractivity contribution in [1.29, 1.82) is 0 Å². The van der Waals surface area contributed by atoms with E-state index in [0.29, 0.717) is 11.8 Å². The normalized spacial score (nSPS) is 19.4. The lowest BCUT2D eigenvalue weighted by Crippen LogP contribution is -2.45. The Kier molecular flexibility index (Phi) is 12.0. The van der Waals surface area contributed by atoms with Gasteiger partial charge < -0.3 is 21.1 Å². The second kappa shape index (κ2) is 13.7. The Bertz CT molecular complexity index is 626. The SMILES string of the molecule is CCNC(=NCCc1ccc(OCC(N)=O)cc1)NC1CCC(C(C)C)CC1.I. The van der Waals surface area contributed by atoms with Crippen molar-refractivity contribution < 1.29 is 9.53 Å². The highest BCUT2D eigenvalue weighted by molar-refractivity contribution is 14.0. The van der Waals surface area contributed by atoms with Crippen molar-refractivity contribution in [3.05, 3.63) is 29.8 Å². The fourth-order valence-electron chi connectivity index (χ4n) is 3.65. The molecule has 2 rings (SSSR count). The molecular weight excluding hydrogens is 479 g/mol. The quantitative estimate of drug-likeness (QED) is 0.267. The molecule has 164 valence electrons. The Hall–Kier alpha value is -1.51. The van der Waals surface area contributed by atoms with Gasteiger partial charge in [0.25, 0.3) is 5.91 Å². The zero-order valence-corrected chi connectivity index (χ0v) is 20.3. The number of hydrogen-bond acceptors (Lipinski definition) is 3. The summed E-state index contributed by atoms with van der Waals surface area (Å²) in [7, 11) is 0. The summed E-state index contributed by atoms with van der Waals surface area (Å²) in [4.78, 5) is 15.5. The van der Waals surface area contributed by atoms with Crippen molar-refractivity contribution in [2.45, 2.75) is 58.9 Å². The van der Waals surface area contributed by atoms with Gasteiger partial charge in [0, 0.05) is 19.1 Å². The molecule has 7 heteroatoms. The second-order valence-electron chi connectivity index (χ2n) is 7.91. The number of ether oxygens (including phenoxy) is 1. The van der Waals surface area contributed by atoms with Crippen LogP contribution in [-0.4, -0.2) is 37.6 Å². The van der Waals surface area contributed by atoms with Gasteiger partial charge in [-0.3, -0.25) is 9.79 Å². The summed E-state index contributed by atoms with van der Waals surface area (Å²) < 4.78 is 5.28. The fraction of sp³-hybridized carbons (Fsp3) is 0.636. The number of hydrogen-bond donors (Lipinski definition) is 3. The van der Waals surface area contributed by atoms with E-state index < -0.39 is 5.91 Å². The van der Waals surface area contributed by atoms with Crippen LogP contribution in [0.25, 0.3) is 0 Å². The van der Waals surface area contributed by atoms with Gasteiger partial charge in [0.05, 0.1) is 0 Å². The van der Waals surface area contributed by atoms with E-state index in [1.54, 1.807) is 0 Å². The highest BCUT2D eigenvalue weighted by atomic mass is 127. The van der Waals surface area contributed by atoms with Crippen LogP contribution in [0, 0.1) is 11.8 Å². The molecule has 0 bridgehead atoms. The third-order valence-electron chi connectivity index (χ3n) is 5.37. The van der Waals surface area contributed by atoms with Crippen LogP contribution in [0.2, 0.25) is 0 Å². The molecule has 0 heterocycles. The van der Waals surface area contributed by atoms with Crippen LogP contribution in [0.15, 0.2) is 29.3 Å². The van der Waals surface area contributed by atoms with Crippen LogP contribution in [0.4, 0.5) is 0 Å². The molecule has 0 spiro atoms. The first-order valence-electron chi connectivity index (χ1n) is 10.5. The van der Waals surface area contributed by atoms with E-state index in [1.807, 2.05) is 24.3 Å². The third-order valence-corrected chi connectivity index (χ3v) is 5.37. The van der Waals surface area contributed by atoms with Crippen LogP contribution in [0.3, 0.4) is 0 Å². The molecule has 0 saturated heterocycles. The number of halogens is 1. The van der Waals surface area contributed by atoms with Crippen LogP contribution in [-0.2, 0) is 11.2 Å². The summed E-state index contributed by atoms with van der Waals surface area (Å²) in [5.74, 6) is 2.75. The van der Waals surface area contributed by atoms with Gasteiger partial charge in [0.2, 0.25) is 0 Å². The van der Waals surface area contributed by atoms with E-state index in [4.69, 9.17) is 15.5 Å². The van der Waals surface area contributed by atoms with Crippen molar-refractivity contribution in [1.82, 2.24) is 10.6 Å². The number of benzene rings is 1. The van der Waals surface area contributed by atoms with Crippen LogP contribution < -0.4 is 21.1 Å². The summed E-state index contributed by atoms with van der Waals surface area (Å²) in [6.45, 7) is 8.25. The number of rotatable bonds is 9. The molecule has 0 unspecified atom stereocenters. The minimum Gasteiger partial charge on any atom is -0.484 e. The Labute approximate surface area is 192 Å². The first kappa shape index (κ1) is 25.5. The first-order chi connectivity index (χ1) is 13.5. The molecule has 0 atom stereocenters. The number of carbonyl (C=O) groups is 1. The van der Waals surface area contributed by atoms with Crippen LogP contribution in [0.1, 0.15) is 52.0 Å². The molecule has 0 radical (unpaired) electrons. The predicted molar refractivity (Wildman–Crippen MR) is 130 cm³/mol. The molecule has 29 heavy (non-hydrogen) atoms. The summed E-state index contributed by atoms with van der Waals surface area (Å²) in [5, 5.41) is 6.98. The number of nitrogens with one attached hydrogen (secondary N) is 2. The highest BCUT2D eigenvalue weighted by Crippen LogP contribution is 2.29. The van der Waals surface area contributed by atoms with Gasteiger partial charge >= 0.3 is 0 Å². The number of guanidine groups is 1. The number of nitrogens with zero attached hydrogens (tertiary/aromatic N) is 1. The Morgan fingerprint density at radius 2 is 1.86 bits per heavy atom. The van der Waals surface area contributed by atoms with Gasteiger partial charge in [0.15, 0.2) is 12.6 Å². The minimum absolute atomic E-state index is 0. The van der Waals surface area contributed by atoms with Gasteiger partial charge in [-0.1, -0.05) is 26.0 Å². The van der Waals surface area contributed by atoms with E-state index in [2.05, 4.69) is 31.4 Å². The minimum atomic E-state index is -0.473. The molecule has 4 N–H and O–H groups in total. The summed E-state index contributed by atoms with van der Waals surface area (Å²) in [6.07, 6.45) is 5.91. The molecule has 1 amide bonds. The van der Waals surface area contributed by atoms with Gasteiger partial charge in [-0.05, 0) is 68.6 Å². The number of amides is 1. The summed E-state index contributed by atoms with van der Waals surface area (Å²) in [5.41, 5.74) is 6.27. The topological polar surface area (TPSA) is 88.7 Å². The van der Waals surface area contributed by atoms with Crippen LogP contribution in [0.5, 0.6) is 5.75 Å². The van der Waals surface area contributed by atoms with Crippen molar-refractivity contribution in [3.8, 4) is 5.75 Å². The van der Waals surface area contributed by atoms with E-state index in [1.165, 1.54) is 31.2 Å². The van der Waals surface area contributed by atoms with E-state index in [0.717, 1.165) is 37.3 Å². The molecule has 1 aliphatic rings. The number of primary amides is 1. The van der Waals surface area contributed by atoms with Crippen molar-refractivity contribution in [2.75, 3.05) is 19.7 Å². The summed E-state index contributed by atoms with van der Waals surface area (Å²) >= 11 is 0. The fourth-order valence-corrected chi connectivity index (χ4v) is 3.65. The maximum Gasteiger partial charge on any atom is 0.255 e. The maximum atomic E-state index is 10.8. The van der Waals surface area contributed by atoms with Crippen molar-refractivity contribution >= 4 is 35.8 Å². The largest absolute Gasteiger partial charge is 0.484 e. The average Bonchev–Trinajstić information content (AvgIpc) is 2.68. The molecular formula is C22H37IN4O2. The molecule has 0 aliphatic heterocycles. The van der Waals surface area contributed by atoms with E-state index in [9.17, 15) is 4.79 Å². The van der Waals surface area contributed by atoms with Gasteiger partial charge in [-0.25, -0.2) is 0 Å². The molecule has 1 aliphatic carbocycles. The van der Waals surface area contributed by atoms with Gasteiger partial charge in [0.1, 0.15) is 5.75 Å². The van der Waals surface area contributed by atoms with Gasteiger partial charge in [-0.15, -0.1) is 24.0 Å². The molecule has 1 fully saturated rings. The Morgan fingerprint density at radius 1 is 1.21 bits per heavy atom. The molecule has 1 aromatic rings. The maximum absolute atomic E-state index is 10.8. The monoisotopic (exact) mass is 516 g/mol. The zero-order valence-electron chi connectivity index (χ0n) is 17.9. The van der Waals surface area contributed by atoms with E-state index in [-0.39, 0.29) is 30.6 Å². The lowest BCUT2D eigenvalue weighted by molar-refractivity contribution is -0.119. The molecule has 1 aromatic carbocycles. The molecule has 0 aromatic heterocycles. The zero-order chi connectivity index (χ0) is 20.4. The number of aliphatic imine (C=N–C) groups is 1. The first-order valence-corrected chi connectivity index (χ1v) is 10.5. The highest BCUT2D eigenvalue weighted by Gasteiger charge is 2.23. The molecule has 6 nitrogen and oxygen atoms in total. The smallest absolute Gasteiger partial charge is 0.255 e. The lowest BCUT2D eigenvalue weighted by atomic mass is 9.80. The Balaban J connectivity index is 0.00000420. The van der Waals surface area contributed by atoms with Crippen molar-refractivity contribution in [2.24, 2.45) is 22.6 Å². The number of carbonyl (C=O) groups excluding carboxylic acids is 1. The van der Waals surface area contributed by atoms with E-state index >= 15 is 0 Å². The predicted octanol–water partition coefficient (Wildman–Crippen LogP) is 3.48. The molecule has 1 saturated carbocycles. The number of nitrogens with two attached hydrogens (primary N) is 1. The third kappa shape index (κ3) is 9.69. The Morgan fingerprint density at radius 3 is 2.41 bits per heavy atom.